The van der Waals surface area contributed by atoms with E-state index < -0.39 is 17.7 Å². The number of amides is 1. The lowest BCUT2D eigenvalue weighted by molar-refractivity contribution is -0.132. The van der Waals surface area contributed by atoms with Crippen molar-refractivity contribution in [1.82, 2.24) is 0 Å². The Hall–Kier alpha value is -4.06. The minimum atomic E-state index is -0.769. The van der Waals surface area contributed by atoms with Gasteiger partial charge in [0.1, 0.15) is 11.5 Å². The fourth-order valence-electron chi connectivity index (χ4n) is 4.63. The summed E-state index contributed by atoms with van der Waals surface area (Å²) in [6.07, 6.45) is 0. The van der Waals surface area contributed by atoms with Crippen molar-refractivity contribution in [1.29, 1.82) is 0 Å². The van der Waals surface area contributed by atoms with Crippen LogP contribution in [0.1, 0.15) is 43.5 Å². The Morgan fingerprint density at radius 1 is 0.944 bits per heavy atom. The summed E-state index contributed by atoms with van der Waals surface area (Å²) in [6, 6.07) is 21.5. The van der Waals surface area contributed by atoms with E-state index in [0.29, 0.717) is 23.6 Å². The predicted octanol–water partition coefficient (Wildman–Crippen LogP) is 5.87. The van der Waals surface area contributed by atoms with Crippen molar-refractivity contribution in [2.75, 3.05) is 29.5 Å². The molecule has 1 heterocycles. The van der Waals surface area contributed by atoms with E-state index in [-0.39, 0.29) is 11.3 Å². The second-order valence-corrected chi connectivity index (χ2v) is 8.73. The number of aliphatic hydroxyl groups is 1. The van der Waals surface area contributed by atoms with Gasteiger partial charge in [-0.05, 0) is 69.7 Å². The van der Waals surface area contributed by atoms with E-state index in [4.69, 9.17) is 4.74 Å². The molecule has 0 bridgehead atoms. The van der Waals surface area contributed by atoms with Crippen LogP contribution in [0.3, 0.4) is 0 Å². The zero-order chi connectivity index (χ0) is 25.8. The average Bonchev–Trinajstić information content (AvgIpc) is 3.16. The SMILES string of the molecule is CCOc1cccc(/C(O)=C2/C(=O)C(=O)N(c3ccc(C)cc3)C2c2ccc(N(CC)CC)cc2)c1. The van der Waals surface area contributed by atoms with Crippen LogP contribution in [-0.2, 0) is 9.59 Å². The maximum atomic E-state index is 13.4. The molecule has 0 radical (unpaired) electrons. The van der Waals surface area contributed by atoms with Crippen LogP contribution in [-0.4, -0.2) is 36.5 Å². The van der Waals surface area contributed by atoms with E-state index >= 15 is 0 Å². The summed E-state index contributed by atoms with van der Waals surface area (Å²) >= 11 is 0. The third-order valence-electron chi connectivity index (χ3n) is 6.51. The Morgan fingerprint density at radius 3 is 2.22 bits per heavy atom. The lowest BCUT2D eigenvalue weighted by atomic mass is 9.94. The molecule has 0 aliphatic carbocycles. The first-order chi connectivity index (χ1) is 17.4. The molecule has 1 amide bonds. The Morgan fingerprint density at radius 2 is 1.61 bits per heavy atom. The van der Waals surface area contributed by atoms with Crippen LogP contribution in [0, 0.1) is 6.92 Å². The van der Waals surface area contributed by atoms with Crippen LogP contribution in [0.2, 0.25) is 0 Å². The zero-order valence-corrected chi connectivity index (χ0v) is 21.2. The summed E-state index contributed by atoms with van der Waals surface area (Å²) in [5.41, 5.74) is 3.93. The number of aryl methyl sites for hydroxylation is 1. The second-order valence-electron chi connectivity index (χ2n) is 8.73. The number of hydrogen-bond donors (Lipinski definition) is 1. The summed E-state index contributed by atoms with van der Waals surface area (Å²) in [6.45, 7) is 10.2. The molecule has 6 nitrogen and oxygen atoms in total. The van der Waals surface area contributed by atoms with Gasteiger partial charge in [-0.1, -0.05) is 42.0 Å². The number of rotatable bonds is 8. The molecule has 1 aliphatic rings. The largest absolute Gasteiger partial charge is 0.507 e. The van der Waals surface area contributed by atoms with Gasteiger partial charge >= 0.3 is 0 Å². The second kappa shape index (κ2) is 10.7. The molecule has 1 N–H and O–H groups in total. The van der Waals surface area contributed by atoms with Crippen molar-refractivity contribution >= 4 is 28.8 Å². The normalized spacial score (nSPS) is 16.9. The molecule has 3 aromatic rings. The van der Waals surface area contributed by atoms with Gasteiger partial charge in [0.05, 0.1) is 18.2 Å². The van der Waals surface area contributed by atoms with Gasteiger partial charge in [0.2, 0.25) is 0 Å². The molecule has 0 spiro atoms. The summed E-state index contributed by atoms with van der Waals surface area (Å²) in [4.78, 5) is 30.4. The number of hydrogen-bond acceptors (Lipinski definition) is 5. The van der Waals surface area contributed by atoms with Crippen LogP contribution < -0.4 is 14.5 Å². The molecule has 36 heavy (non-hydrogen) atoms. The first kappa shape index (κ1) is 25.0. The van der Waals surface area contributed by atoms with Gasteiger partial charge in [0, 0.05) is 30.0 Å². The number of Topliss-reactive ketones (excluding diaryl/α,β-unsaturated/α-hetero) is 1. The molecule has 1 saturated heterocycles. The van der Waals surface area contributed by atoms with Crippen molar-refractivity contribution in [3.8, 4) is 5.75 Å². The lowest BCUT2D eigenvalue weighted by Crippen LogP contribution is -2.29. The molecule has 6 heteroatoms. The summed E-state index contributed by atoms with van der Waals surface area (Å²) in [5.74, 6) is -1.02. The molecule has 1 aliphatic heterocycles. The molecule has 1 fully saturated rings. The number of ether oxygens (including phenoxy) is 1. The zero-order valence-electron chi connectivity index (χ0n) is 21.2. The highest BCUT2D eigenvalue weighted by molar-refractivity contribution is 6.51. The van der Waals surface area contributed by atoms with Crippen molar-refractivity contribution in [2.24, 2.45) is 0 Å². The Bertz CT molecular complexity index is 1280. The first-order valence-corrected chi connectivity index (χ1v) is 12.3. The molecule has 0 aromatic heterocycles. The fourth-order valence-corrected chi connectivity index (χ4v) is 4.63. The maximum Gasteiger partial charge on any atom is 0.300 e. The molecular weight excluding hydrogens is 452 g/mol. The van der Waals surface area contributed by atoms with E-state index in [1.807, 2.05) is 62.4 Å². The van der Waals surface area contributed by atoms with Crippen molar-refractivity contribution < 1.29 is 19.4 Å². The third kappa shape index (κ3) is 4.71. The highest BCUT2D eigenvalue weighted by Crippen LogP contribution is 2.42. The van der Waals surface area contributed by atoms with Crippen LogP contribution in [0.4, 0.5) is 11.4 Å². The summed E-state index contributed by atoms with van der Waals surface area (Å²) in [7, 11) is 0. The number of carbonyl (C=O) groups excluding carboxylic acids is 2. The molecule has 0 saturated carbocycles. The smallest absolute Gasteiger partial charge is 0.300 e. The van der Waals surface area contributed by atoms with Crippen molar-refractivity contribution in [3.63, 3.8) is 0 Å². The van der Waals surface area contributed by atoms with E-state index in [1.165, 1.54) is 4.90 Å². The average molecular weight is 485 g/mol. The van der Waals surface area contributed by atoms with Gasteiger partial charge in [-0.3, -0.25) is 14.5 Å². The van der Waals surface area contributed by atoms with Gasteiger partial charge in [0.15, 0.2) is 0 Å². The van der Waals surface area contributed by atoms with Crippen LogP contribution in [0.25, 0.3) is 5.76 Å². The van der Waals surface area contributed by atoms with Gasteiger partial charge in [-0.2, -0.15) is 0 Å². The summed E-state index contributed by atoms with van der Waals surface area (Å²) in [5, 5.41) is 11.4. The first-order valence-electron chi connectivity index (χ1n) is 12.3. The van der Waals surface area contributed by atoms with E-state index in [1.54, 1.807) is 24.3 Å². The Kier molecular flexibility index (Phi) is 7.44. The van der Waals surface area contributed by atoms with Gasteiger partial charge in [0.25, 0.3) is 11.7 Å². The van der Waals surface area contributed by atoms with Gasteiger partial charge < -0.3 is 14.7 Å². The van der Waals surface area contributed by atoms with Gasteiger partial charge in [-0.25, -0.2) is 0 Å². The third-order valence-corrected chi connectivity index (χ3v) is 6.51. The van der Waals surface area contributed by atoms with E-state index in [9.17, 15) is 14.7 Å². The number of anilines is 2. The molecule has 1 atom stereocenters. The van der Waals surface area contributed by atoms with E-state index in [0.717, 1.165) is 29.9 Å². The van der Waals surface area contributed by atoms with Crippen LogP contribution >= 0.6 is 0 Å². The monoisotopic (exact) mass is 484 g/mol. The molecular formula is C30H32N2O4. The van der Waals surface area contributed by atoms with Gasteiger partial charge in [-0.15, -0.1) is 0 Å². The standard InChI is InChI=1S/C30H32N2O4/c1-5-31(6-2)23-17-13-21(14-18-23)27-26(28(33)22-9-8-10-25(19-22)36-7-3)29(34)30(35)32(27)24-15-11-20(4)12-16-24/h8-19,27,33H,5-7H2,1-4H3/b28-26-. The van der Waals surface area contributed by atoms with Crippen molar-refractivity contribution in [2.45, 2.75) is 33.7 Å². The maximum absolute atomic E-state index is 13.4. The number of nitrogens with zero attached hydrogens (tertiary/aromatic N) is 2. The highest BCUT2D eigenvalue weighted by atomic mass is 16.5. The fraction of sp³-hybridized carbons (Fsp3) is 0.267. The molecule has 186 valence electrons. The number of aliphatic hydroxyl groups excluding tert-OH is 1. The lowest BCUT2D eigenvalue weighted by Gasteiger charge is -2.27. The minimum absolute atomic E-state index is 0.0600. The minimum Gasteiger partial charge on any atom is -0.507 e. The highest BCUT2D eigenvalue weighted by Gasteiger charge is 2.47. The number of carbonyl (C=O) groups is 2. The predicted molar refractivity (Wildman–Crippen MR) is 144 cm³/mol. The Balaban J connectivity index is 1.88. The molecule has 3 aromatic carbocycles. The molecule has 1 unspecified atom stereocenters. The van der Waals surface area contributed by atoms with Crippen LogP contribution in [0.5, 0.6) is 5.75 Å². The van der Waals surface area contributed by atoms with Crippen LogP contribution in [0.15, 0.2) is 78.4 Å². The van der Waals surface area contributed by atoms with E-state index in [2.05, 4.69) is 18.7 Å². The summed E-state index contributed by atoms with van der Waals surface area (Å²) < 4.78 is 5.58. The number of ketones is 1. The topological polar surface area (TPSA) is 70.1 Å². The molecule has 4 rings (SSSR count). The number of benzene rings is 3. The van der Waals surface area contributed by atoms with Crippen molar-refractivity contribution in [3.05, 3.63) is 95.1 Å². The quantitative estimate of drug-likeness (QED) is 0.246. The Labute approximate surface area is 212 Å².